The first kappa shape index (κ1) is 44.7. The standard InChI is InChI=1S/C38H46O9.C11H11NO2/c1-21(2)11-10-18-36(8)19-17-24-29(39)28-30(40)26-12-9-13-27-35(6,7)47-37(34(43)44,20-16-23(5)33(41)42)38(26,27)46-32(28)25(31(24)45-36)15-14-22(3)4;1-7-6-10(13)12-11-8(7)4-3-5-9(11)14-2/h11-12,14,16-17,19,27,39H,9-10,13,15,18,20H2,1-8H3,(H,41,42)(H,43,44);3-6H,1-2H3,(H,12,13). The third-order valence-corrected chi connectivity index (χ3v) is 12.3. The zero-order chi connectivity index (χ0) is 44.8. The van der Waals surface area contributed by atoms with E-state index in [1.54, 1.807) is 39.2 Å². The molecular weight excluding hydrogens is 779 g/mol. The molecule has 1 spiro atoms. The van der Waals surface area contributed by atoms with E-state index in [4.69, 9.17) is 18.9 Å². The highest BCUT2D eigenvalue weighted by Crippen LogP contribution is 2.64. The Bertz CT molecular complexity index is 2530. The molecule has 1 aliphatic carbocycles. The van der Waals surface area contributed by atoms with Crippen LogP contribution in [-0.4, -0.2) is 67.5 Å². The molecule has 3 aromatic rings. The normalized spacial score (nSPS) is 24.3. The van der Waals surface area contributed by atoms with E-state index >= 15 is 0 Å². The van der Waals surface area contributed by atoms with Gasteiger partial charge < -0.3 is 39.3 Å². The maximum Gasteiger partial charge on any atom is 0.340 e. The van der Waals surface area contributed by atoms with Crippen molar-refractivity contribution in [1.29, 1.82) is 0 Å². The molecule has 0 amide bonds. The molecule has 3 aliphatic heterocycles. The number of fused-ring (bicyclic) bond motifs is 3. The average molecular weight is 836 g/mol. The number of aromatic hydroxyl groups is 1. The van der Waals surface area contributed by atoms with E-state index in [9.17, 15) is 34.5 Å². The van der Waals surface area contributed by atoms with E-state index in [0.717, 1.165) is 28.5 Å². The number of phenolic OH excluding ortho intramolecular Hbond substituents is 1. The fourth-order valence-electron chi connectivity index (χ4n) is 9.26. The van der Waals surface area contributed by atoms with Crippen LogP contribution in [0.2, 0.25) is 0 Å². The van der Waals surface area contributed by atoms with Gasteiger partial charge >= 0.3 is 11.9 Å². The number of benzene rings is 2. The van der Waals surface area contributed by atoms with Crippen LogP contribution in [0.15, 0.2) is 81.7 Å². The molecule has 1 saturated heterocycles. The summed E-state index contributed by atoms with van der Waals surface area (Å²) in [6.45, 7) is 16.8. The van der Waals surface area contributed by atoms with Crippen molar-refractivity contribution in [2.24, 2.45) is 5.92 Å². The second-order valence-electron chi connectivity index (χ2n) is 17.7. The molecule has 0 saturated carbocycles. The third-order valence-electron chi connectivity index (χ3n) is 12.3. The van der Waals surface area contributed by atoms with Gasteiger partial charge in [0.15, 0.2) is 11.4 Å². The van der Waals surface area contributed by atoms with Gasteiger partial charge in [0.1, 0.15) is 34.2 Å². The van der Waals surface area contributed by atoms with E-state index < -0.39 is 46.0 Å². The number of hydrogen-bond acceptors (Lipinski definition) is 9. The summed E-state index contributed by atoms with van der Waals surface area (Å²) in [5, 5.41) is 33.4. The lowest BCUT2D eigenvalue weighted by Gasteiger charge is -2.50. The Labute approximate surface area is 356 Å². The molecule has 4 aliphatic rings. The Morgan fingerprint density at radius 2 is 1.69 bits per heavy atom. The van der Waals surface area contributed by atoms with Crippen molar-refractivity contribution in [3.8, 4) is 23.0 Å². The number of para-hydroxylation sites is 1. The predicted octanol–water partition coefficient (Wildman–Crippen LogP) is 9.36. The van der Waals surface area contributed by atoms with Crippen molar-refractivity contribution in [3.63, 3.8) is 0 Å². The molecule has 0 bridgehead atoms. The van der Waals surface area contributed by atoms with Crippen molar-refractivity contribution >= 4 is 34.7 Å². The summed E-state index contributed by atoms with van der Waals surface area (Å²) >= 11 is 0. The number of Topliss-reactive ketones (excluding diaryl/α,β-unsaturated/α-hetero) is 1. The number of ketones is 1. The Balaban J connectivity index is 0.000000374. The van der Waals surface area contributed by atoms with E-state index in [1.807, 2.05) is 71.9 Å². The van der Waals surface area contributed by atoms with Crippen molar-refractivity contribution in [2.75, 3.05) is 7.11 Å². The number of H-pyrrole nitrogens is 1. The maximum atomic E-state index is 14.7. The summed E-state index contributed by atoms with van der Waals surface area (Å²) in [4.78, 5) is 54.1. The van der Waals surface area contributed by atoms with Crippen LogP contribution in [0.1, 0.15) is 115 Å². The fourth-order valence-corrected chi connectivity index (χ4v) is 9.26. The molecule has 7 rings (SSSR count). The molecule has 12 nitrogen and oxygen atoms in total. The number of rotatable bonds is 10. The molecule has 61 heavy (non-hydrogen) atoms. The van der Waals surface area contributed by atoms with Crippen molar-refractivity contribution < 1.29 is 48.7 Å². The summed E-state index contributed by atoms with van der Waals surface area (Å²) in [6.07, 6.45) is 13.1. The lowest BCUT2D eigenvalue weighted by molar-refractivity contribution is -0.184. The monoisotopic (exact) mass is 835 g/mol. The number of carbonyl (C=O) groups excluding carboxylic acids is 1. The van der Waals surface area contributed by atoms with Crippen LogP contribution in [0.4, 0.5) is 0 Å². The third kappa shape index (κ3) is 7.82. The first-order valence-corrected chi connectivity index (χ1v) is 20.6. The predicted molar refractivity (Wildman–Crippen MR) is 234 cm³/mol. The summed E-state index contributed by atoms with van der Waals surface area (Å²) in [5.41, 5.74) is -1.04. The lowest BCUT2D eigenvalue weighted by Crippen LogP contribution is -2.66. The Morgan fingerprint density at radius 1 is 0.984 bits per heavy atom. The Hall–Kier alpha value is -5.88. The number of aryl methyl sites for hydroxylation is 1. The van der Waals surface area contributed by atoms with Gasteiger partial charge in [0.25, 0.3) is 0 Å². The van der Waals surface area contributed by atoms with Gasteiger partial charge in [-0.1, -0.05) is 47.6 Å². The van der Waals surface area contributed by atoms with Crippen molar-refractivity contribution in [3.05, 3.63) is 110 Å². The number of pyridine rings is 1. The van der Waals surface area contributed by atoms with Gasteiger partial charge in [-0.25, -0.2) is 9.59 Å². The Kier molecular flexibility index (Phi) is 12.1. The highest BCUT2D eigenvalue weighted by molar-refractivity contribution is 6.17. The van der Waals surface area contributed by atoms with Crippen molar-refractivity contribution in [2.45, 2.75) is 123 Å². The summed E-state index contributed by atoms with van der Waals surface area (Å²) < 4.78 is 25.4. The number of ether oxygens (including phenoxy) is 4. The summed E-state index contributed by atoms with van der Waals surface area (Å²) in [5.74, 6) is -2.83. The molecule has 4 atom stereocenters. The van der Waals surface area contributed by atoms with Crippen LogP contribution in [-0.2, 0) is 20.7 Å². The van der Waals surface area contributed by atoms with Crippen LogP contribution in [0.5, 0.6) is 23.0 Å². The highest BCUT2D eigenvalue weighted by Gasteiger charge is 2.77. The Morgan fingerprint density at radius 3 is 2.33 bits per heavy atom. The van der Waals surface area contributed by atoms with Crippen LogP contribution >= 0.6 is 0 Å². The summed E-state index contributed by atoms with van der Waals surface area (Å²) in [7, 11) is 1.59. The SMILES string of the molecule is CC(C)=CCCC1(C)C=Cc2c(O)c3c(c(CC=C(C)C)c2O1)OC12C(=CCCC1C(C)(C)OC2(CC=C(C)C(=O)O)C(=O)O)C3=O.COc1cccc2c(C)cc(=O)[nH]c12. The molecular formula is C49H57NO11. The number of aliphatic carboxylic acids is 2. The van der Waals surface area contributed by atoms with Crippen LogP contribution in [0.25, 0.3) is 17.0 Å². The lowest BCUT2D eigenvalue weighted by atomic mass is 9.60. The second-order valence-corrected chi connectivity index (χ2v) is 17.7. The number of carboxylic acids is 2. The molecule has 4 N–H and O–H groups in total. The van der Waals surface area contributed by atoms with Gasteiger partial charge in [-0.05, 0) is 118 Å². The second kappa shape index (κ2) is 16.5. The largest absolute Gasteiger partial charge is 0.506 e. The molecule has 4 heterocycles. The molecule has 12 heteroatoms. The molecule has 2 aromatic carbocycles. The number of carboxylic acid groups (broad SMARTS) is 2. The smallest absolute Gasteiger partial charge is 0.340 e. The van der Waals surface area contributed by atoms with E-state index in [1.165, 1.54) is 18.6 Å². The molecule has 324 valence electrons. The average Bonchev–Trinajstić information content (AvgIpc) is 3.39. The number of allylic oxidation sites excluding steroid dienone is 5. The first-order valence-electron chi connectivity index (χ1n) is 20.6. The van der Waals surface area contributed by atoms with Crippen molar-refractivity contribution in [1.82, 2.24) is 4.98 Å². The van der Waals surface area contributed by atoms with E-state index in [-0.39, 0.29) is 40.2 Å². The maximum absolute atomic E-state index is 14.7. The number of methoxy groups -OCH3 is 1. The number of hydrogen-bond donors (Lipinski definition) is 4. The first-order chi connectivity index (χ1) is 28.6. The molecule has 1 aromatic heterocycles. The molecule has 4 unspecified atom stereocenters. The zero-order valence-electron chi connectivity index (χ0n) is 36.7. The number of carbonyl (C=O) groups is 3. The minimum Gasteiger partial charge on any atom is -0.506 e. The zero-order valence-corrected chi connectivity index (χ0v) is 36.7. The fraction of sp³-hybridized carbons (Fsp3) is 0.429. The minimum absolute atomic E-state index is 0.0407. The van der Waals surface area contributed by atoms with Gasteiger partial charge in [-0.15, -0.1) is 0 Å². The van der Waals surface area contributed by atoms with E-state index in [0.29, 0.717) is 48.3 Å². The number of aromatic nitrogens is 1. The number of aromatic amines is 1. The highest BCUT2D eigenvalue weighted by atomic mass is 16.6. The quantitative estimate of drug-likeness (QED) is 0.113. The molecule has 1 fully saturated rings. The van der Waals surface area contributed by atoms with E-state index in [2.05, 4.69) is 11.1 Å². The van der Waals surface area contributed by atoms with Crippen LogP contribution in [0.3, 0.4) is 0 Å². The topological polar surface area (TPSA) is 182 Å². The number of nitrogens with one attached hydrogen (secondary N) is 1. The molecule has 0 radical (unpaired) electrons. The van der Waals surface area contributed by atoms with Crippen LogP contribution in [0, 0.1) is 12.8 Å². The van der Waals surface area contributed by atoms with Gasteiger partial charge in [0, 0.05) is 40.5 Å². The van der Waals surface area contributed by atoms with Gasteiger partial charge in [0.05, 0.1) is 23.8 Å². The minimum atomic E-state index is -2.16. The summed E-state index contributed by atoms with van der Waals surface area (Å²) in [6, 6.07) is 7.29. The number of phenols is 1. The van der Waals surface area contributed by atoms with Gasteiger partial charge in [0.2, 0.25) is 11.2 Å². The van der Waals surface area contributed by atoms with Crippen LogP contribution < -0.4 is 19.8 Å². The van der Waals surface area contributed by atoms with Gasteiger partial charge in [-0.2, -0.15) is 0 Å². The van der Waals surface area contributed by atoms with Gasteiger partial charge in [-0.3, -0.25) is 9.59 Å².